The Morgan fingerprint density at radius 2 is 2.14 bits per heavy atom. The van der Waals surface area contributed by atoms with Crippen molar-refractivity contribution in [2.45, 2.75) is 12.8 Å². The van der Waals surface area contributed by atoms with Crippen LogP contribution in [0.15, 0.2) is 6.07 Å². The van der Waals surface area contributed by atoms with Crippen LogP contribution in [0, 0.1) is 5.92 Å². The summed E-state index contributed by atoms with van der Waals surface area (Å²) in [5.41, 5.74) is 0. The van der Waals surface area contributed by atoms with E-state index in [-0.39, 0.29) is 22.3 Å². The van der Waals surface area contributed by atoms with Crippen molar-refractivity contribution < 1.29 is 4.79 Å². The average Bonchev–Trinajstić information content (AvgIpc) is 2.82. The van der Waals surface area contributed by atoms with Gasteiger partial charge in [-0.1, -0.05) is 11.6 Å². The van der Waals surface area contributed by atoms with Gasteiger partial charge in [-0.05, 0) is 24.4 Å². The smallest absolute Gasteiger partial charge is 0.228 e. The van der Waals surface area contributed by atoms with E-state index in [0.717, 1.165) is 12.8 Å². The molecule has 4 nitrogen and oxygen atoms in total. The summed E-state index contributed by atoms with van der Waals surface area (Å²) < 4.78 is 0. The van der Waals surface area contributed by atoms with Crippen LogP contribution in [0.5, 0.6) is 0 Å². The fourth-order valence-electron chi connectivity index (χ4n) is 1.03. The summed E-state index contributed by atoms with van der Waals surface area (Å²) in [4.78, 5) is 18.8. The lowest BCUT2D eigenvalue weighted by Crippen LogP contribution is -2.14. The number of rotatable bonds is 2. The molecule has 6 heteroatoms. The molecule has 1 aliphatic carbocycles. The van der Waals surface area contributed by atoms with E-state index < -0.39 is 0 Å². The molecule has 1 saturated carbocycles. The van der Waals surface area contributed by atoms with Crippen molar-refractivity contribution in [1.82, 2.24) is 9.97 Å². The van der Waals surface area contributed by atoms with Gasteiger partial charge in [0, 0.05) is 12.0 Å². The van der Waals surface area contributed by atoms with Crippen LogP contribution in [-0.4, -0.2) is 15.9 Å². The Morgan fingerprint density at radius 1 is 1.43 bits per heavy atom. The molecule has 0 aliphatic heterocycles. The van der Waals surface area contributed by atoms with E-state index >= 15 is 0 Å². The van der Waals surface area contributed by atoms with Crippen molar-refractivity contribution in [3.05, 3.63) is 16.5 Å². The van der Waals surface area contributed by atoms with Crippen molar-refractivity contribution in [2.75, 3.05) is 5.32 Å². The molecule has 1 aliphatic rings. The molecule has 1 N–H and O–H groups in total. The van der Waals surface area contributed by atoms with Crippen LogP contribution >= 0.6 is 23.2 Å². The van der Waals surface area contributed by atoms with Gasteiger partial charge in [0.15, 0.2) is 0 Å². The van der Waals surface area contributed by atoms with E-state index in [0.29, 0.717) is 5.82 Å². The number of nitrogens with zero attached hydrogens (tertiary/aromatic N) is 2. The maximum Gasteiger partial charge on any atom is 0.228 e. The highest BCUT2D eigenvalue weighted by Crippen LogP contribution is 2.30. The van der Waals surface area contributed by atoms with Crippen molar-refractivity contribution in [1.29, 1.82) is 0 Å². The van der Waals surface area contributed by atoms with Crippen molar-refractivity contribution in [3.8, 4) is 0 Å². The number of hydrogen-bond donors (Lipinski definition) is 1. The molecule has 14 heavy (non-hydrogen) atoms. The molecule has 0 aromatic carbocycles. The molecule has 1 heterocycles. The Bertz CT molecular complexity index is 359. The van der Waals surface area contributed by atoms with Crippen LogP contribution in [-0.2, 0) is 4.79 Å². The molecule has 74 valence electrons. The molecule has 2 rings (SSSR count). The van der Waals surface area contributed by atoms with E-state index in [9.17, 15) is 4.79 Å². The molecule has 0 bridgehead atoms. The van der Waals surface area contributed by atoms with Crippen LogP contribution in [0.25, 0.3) is 0 Å². The van der Waals surface area contributed by atoms with Gasteiger partial charge in [0.1, 0.15) is 11.0 Å². The molecule has 0 radical (unpaired) electrons. The first-order chi connectivity index (χ1) is 6.65. The maximum atomic E-state index is 11.3. The third kappa shape index (κ3) is 2.33. The normalized spacial score (nSPS) is 15.3. The Hall–Kier alpha value is -0.870. The Kier molecular flexibility index (Phi) is 2.56. The maximum absolute atomic E-state index is 11.3. The fourth-order valence-corrected chi connectivity index (χ4v) is 1.44. The minimum absolute atomic E-state index is 0.0311. The summed E-state index contributed by atoms with van der Waals surface area (Å²) in [5.74, 6) is 0.449. The van der Waals surface area contributed by atoms with Gasteiger partial charge in [0.05, 0.1) is 0 Å². The summed E-state index contributed by atoms with van der Waals surface area (Å²) in [5, 5.41) is 2.88. The molecule has 1 aromatic rings. The van der Waals surface area contributed by atoms with Gasteiger partial charge in [-0.25, -0.2) is 9.97 Å². The second kappa shape index (κ2) is 3.71. The van der Waals surface area contributed by atoms with Gasteiger partial charge in [-0.3, -0.25) is 4.79 Å². The molecule has 0 saturated heterocycles. The minimum atomic E-state index is -0.0316. The highest BCUT2D eigenvalue weighted by molar-refractivity contribution is 6.32. The number of hydrogen-bond acceptors (Lipinski definition) is 3. The number of aromatic nitrogens is 2. The van der Waals surface area contributed by atoms with Crippen LogP contribution in [0.3, 0.4) is 0 Å². The minimum Gasteiger partial charge on any atom is -0.310 e. The number of halogens is 2. The van der Waals surface area contributed by atoms with E-state index in [2.05, 4.69) is 15.3 Å². The zero-order valence-corrected chi connectivity index (χ0v) is 8.64. The molecule has 0 spiro atoms. The molecular weight excluding hydrogens is 225 g/mol. The van der Waals surface area contributed by atoms with Gasteiger partial charge in [0.2, 0.25) is 11.2 Å². The number of carbonyl (C=O) groups excluding carboxylic acids is 1. The molecule has 1 fully saturated rings. The van der Waals surface area contributed by atoms with Crippen LogP contribution in [0.1, 0.15) is 12.8 Å². The lowest BCUT2D eigenvalue weighted by atomic mass is 10.4. The quantitative estimate of drug-likeness (QED) is 0.627. The van der Waals surface area contributed by atoms with E-state index in [4.69, 9.17) is 23.2 Å². The summed E-state index contributed by atoms with van der Waals surface area (Å²) in [7, 11) is 0. The molecular formula is C8H7Cl2N3O. The third-order valence-corrected chi connectivity index (χ3v) is 2.23. The molecule has 1 amide bonds. The monoisotopic (exact) mass is 231 g/mol. The van der Waals surface area contributed by atoms with E-state index in [1.54, 1.807) is 0 Å². The van der Waals surface area contributed by atoms with Gasteiger partial charge in [-0.2, -0.15) is 0 Å². The summed E-state index contributed by atoms with van der Waals surface area (Å²) in [6, 6.07) is 1.47. The molecule has 0 atom stereocenters. The van der Waals surface area contributed by atoms with Crippen LogP contribution in [0.2, 0.25) is 10.4 Å². The second-order valence-electron chi connectivity index (χ2n) is 3.11. The van der Waals surface area contributed by atoms with Crippen molar-refractivity contribution in [3.63, 3.8) is 0 Å². The SMILES string of the molecule is O=C(Nc1cc(Cl)nc(Cl)n1)C1CC1. The van der Waals surface area contributed by atoms with Crippen molar-refractivity contribution in [2.24, 2.45) is 5.92 Å². The first kappa shape index (κ1) is 9.68. The molecule has 1 aromatic heterocycles. The topological polar surface area (TPSA) is 54.9 Å². The van der Waals surface area contributed by atoms with Gasteiger partial charge in [-0.15, -0.1) is 0 Å². The standard InChI is InChI=1S/C8H7Cl2N3O/c9-5-3-6(13-8(10)11-5)12-7(14)4-1-2-4/h3-4H,1-2H2,(H,11,12,13,14). The van der Waals surface area contributed by atoms with E-state index in [1.165, 1.54) is 6.07 Å². The van der Waals surface area contributed by atoms with Gasteiger partial charge < -0.3 is 5.32 Å². The number of anilines is 1. The highest BCUT2D eigenvalue weighted by Gasteiger charge is 2.29. The molecule has 0 unspecified atom stereocenters. The summed E-state index contributed by atoms with van der Waals surface area (Å²) >= 11 is 11.2. The second-order valence-corrected chi connectivity index (χ2v) is 3.83. The predicted octanol–water partition coefficient (Wildman–Crippen LogP) is 2.13. The largest absolute Gasteiger partial charge is 0.310 e. The fraction of sp³-hybridized carbons (Fsp3) is 0.375. The summed E-state index contributed by atoms with van der Waals surface area (Å²) in [6.07, 6.45) is 1.89. The Morgan fingerprint density at radius 3 is 2.71 bits per heavy atom. The highest BCUT2D eigenvalue weighted by atomic mass is 35.5. The third-order valence-electron chi connectivity index (χ3n) is 1.87. The van der Waals surface area contributed by atoms with Gasteiger partial charge in [0.25, 0.3) is 0 Å². The lowest BCUT2D eigenvalue weighted by molar-refractivity contribution is -0.117. The number of nitrogens with one attached hydrogen (secondary N) is 1. The Balaban J connectivity index is 2.11. The average molecular weight is 232 g/mol. The first-order valence-corrected chi connectivity index (χ1v) is 4.91. The van der Waals surface area contributed by atoms with E-state index in [1.807, 2.05) is 0 Å². The zero-order chi connectivity index (χ0) is 10.1. The van der Waals surface area contributed by atoms with Crippen molar-refractivity contribution >= 4 is 34.9 Å². The predicted molar refractivity (Wildman–Crippen MR) is 53.4 cm³/mol. The van der Waals surface area contributed by atoms with Crippen LogP contribution < -0.4 is 5.32 Å². The van der Waals surface area contributed by atoms with Gasteiger partial charge >= 0.3 is 0 Å². The zero-order valence-electron chi connectivity index (χ0n) is 7.13. The number of amides is 1. The summed E-state index contributed by atoms with van der Waals surface area (Å²) in [6.45, 7) is 0. The van der Waals surface area contributed by atoms with Crippen LogP contribution in [0.4, 0.5) is 5.82 Å². The Labute approximate surface area is 90.6 Å². The first-order valence-electron chi connectivity index (χ1n) is 4.16. The number of carbonyl (C=O) groups is 1. The lowest BCUT2D eigenvalue weighted by Gasteiger charge is -2.02.